The van der Waals surface area contributed by atoms with Gasteiger partial charge in [-0.3, -0.25) is 0 Å². The number of allylic oxidation sites excluding steroid dienone is 4. The Morgan fingerprint density at radius 2 is 2.18 bits per heavy atom. The Hall–Kier alpha value is -1.86. The van der Waals surface area contributed by atoms with Crippen molar-refractivity contribution in [1.29, 1.82) is 0 Å². The van der Waals surface area contributed by atoms with E-state index < -0.39 is 15.3 Å². The molecular weight excluding hydrogens is 302 g/mol. The van der Waals surface area contributed by atoms with Crippen molar-refractivity contribution in [1.82, 2.24) is 10.6 Å². The molecule has 0 aromatic rings. The molecule has 6 nitrogen and oxygen atoms in total. The first kappa shape index (κ1) is 18.2. The zero-order valence-electron chi connectivity index (χ0n) is 12.8. The number of carbonyl (C=O) groups is 1. The predicted octanol–water partition coefficient (Wildman–Crippen LogP) is 1.70. The van der Waals surface area contributed by atoms with Gasteiger partial charge in [-0.05, 0) is 31.9 Å². The number of primary sulfonamides is 1. The van der Waals surface area contributed by atoms with E-state index in [0.29, 0.717) is 5.70 Å². The second-order valence-electron chi connectivity index (χ2n) is 4.93. The normalized spacial score (nSPS) is 19.6. The van der Waals surface area contributed by atoms with Gasteiger partial charge in [0.15, 0.2) is 0 Å². The number of hydrogen-bond acceptors (Lipinski definition) is 3. The van der Waals surface area contributed by atoms with Crippen molar-refractivity contribution in [3.8, 4) is 0 Å². The molecule has 1 rings (SSSR count). The minimum absolute atomic E-state index is 0.0549. The molecule has 0 aromatic carbocycles. The molecule has 1 aliphatic carbocycles. The average Bonchev–Trinajstić information content (AvgIpc) is 2.68. The van der Waals surface area contributed by atoms with Gasteiger partial charge in [0, 0.05) is 11.7 Å². The highest BCUT2D eigenvalue weighted by Crippen LogP contribution is 2.08. The first-order valence-corrected chi connectivity index (χ1v) is 8.74. The molecule has 0 aliphatic heterocycles. The predicted molar refractivity (Wildman–Crippen MR) is 88.4 cm³/mol. The first-order valence-electron chi connectivity index (χ1n) is 7.13. The number of nitrogens with one attached hydrogen (secondary N) is 2. The van der Waals surface area contributed by atoms with Gasteiger partial charge in [-0.1, -0.05) is 37.3 Å². The Morgan fingerprint density at radius 1 is 1.45 bits per heavy atom. The molecular formula is C15H23N3O3S. The molecule has 2 unspecified atom stereocenters. The third-order valence-corrected chi connectivity index (χ3v) is 4.24. The van der Waals surface area contributed by atoms with Crippen LogP contribution in [0.5, 0.6) is 0 Å². The molecule has 0 saturated carbocycles. The minimum atomic E-state index is -3.68. The van der Waals surface area contributed by atoms with Crippen molar-refractivity contribution >= 4 is 16.1 Å². The Bertz CT molecular complexity index is 604. The SMILES string of the molecule is C/C=C\CC(CC)NC(=O)NC1=CC=CC(S(N)(=O)=O)C=C1. The Labute approximate surface area is 131 Å². The van der Waals surface area contributed by atoms with Gasteiger partial charge in [-0.2, -0.15) is 0 Å². The topological polar surface area (TPSA) is 101 Å². The number of amides is 2. The molecule has 2 atom stereocenters. The van der Waals surface area contributed by atoms with Crippen LogP contribution in [-0.2, 0) is 10.0 Å². The van der Waals surface area contributed by atoms with Crippen molar-refractivity contribution in [2.24, 2.45) is 5.14 Å². The number of hydrogen-bond donors (Lipinski definition) is 3. The van der Waals surface area contributed by atoms with E-state index in [0.717, 1.165) is 12.8 Å². The molecule has 22 heavy (non-hydrogen) atoms. The monoisotopic (exact) mass is 325 g/mol. The van der Waals surface area contributed by atoms with Crippen molar-refractivity contribution in [2.45, 2.75) is 38.0 Å². The van der Waals surface area contributed by atoms with Crippen molar-refractivity contribution in [3.63, 3.8) is 0 Å². The summed E-state index contributed by atoms with van der Waals surface area (Å²) in [6, 6.07) is -0.269. The van der Waals surface area contributed by atoms with E-state index >= 15 is 0 Å². The molecule has 0 heterocycles. The summed E-state index contributed by atoms with van der Waals surface area (Å²) in [5.74, 6) is 0. The largest absolute Gasteiger partial charge is 0.335 e. The summed E-state index contributed by atoms with van der Waals surface area (Å²) >= 11 is 0. The Morgan fingerprint density at radius 3 is 2.77 bits per heavy atom. The van der Waals surface area contributed by atoms with Gasteiger partial charge in [0.1, 0.15) is 5.25 Å². The fourth-order valence-corrected chi connectivity index (χ4v) is 2.48. The highest BCUT2D eigenvalue weighted by atomic mass is 32.2. The van der Waals surface area contributed by atoms with Crippen LogP contribution in [0.1, 0.15) is 26.7 Å². The first-order chi connectivity index (χ1) is 10.4. The lowest BCUT2D eigenvalue weighted by molar-refractivity contribution is 0.239. The van der Waals surface area contributed by atoms with Gasteiger partial charge in [0.2, 0.25) is 10.0 Å². The number of urea groups is 1. The quantitative estimate of drug-likeness (QED) is 0.648. The lowest BCUT2D eigenvalue weighted by Crippen LogP contribution is -2.41. The van der Waals surface area contributed by atoms with Gasteiger partial charge >= 0.3 is 6.03 Å². The van der Waals surface area contributed by atoms with Gasteiger partial charge in [-0.15, -0.1) is 0 Å². The molecule has 122 valence electrons. The smallest absolute Gasteiger partial charge is 0.319 e. The van der Waals surface area contributed by atoms with Gasteiger partial charge in [-0.25, -0.2) is 18.4 Å². The molecule has 0 saturated heterocycles. The molecule has 7 heteroatoms. The van der Waals surface area contributed by atoms with Crippen LogP contribution in [0.3, 0.4) is 0 Å². The van der Waals surface area contributed by atoms with Crippen LogP contribution < -0.4 is 15.8 Å². The van der Waals surface area contributed by atoms with Crippen LogP contribution in [0, 0.1) is 0 Å². The highest BCUT2D eigenvalue weighted by molar-refractivity contribution is 7.90. The molecule has 2 amide bonds. The number of carbonyl (C=O) groups excluding carboxylic acids is 1. The minimum Gasteiger partial charge on any atom is -0.335 e. The number of nitrogens with two attached hydrogens (primary N) is 1. The summed E-state index contributed by atoms with van der Waals surface area (Å²) in [5.41, 5.74) is 0.501. The fraction of sp³-hybridized carbons (Fsp3) is 0.400. The molecule has 0 bridgehead atoms. The van der Waals surface area contributed by atoms with E-state index in [9.17, 15) is 13.2 Å². The van der Waals surface area contributed by atoms with E-state index in [1.807, 2.05) is 26.0 Å². The number of sulfonamides is 1. The van der Waals surface area contributed by atoms with Crippen molar-refractivity contribution in [2.75, 3.05) is 0 Å². The van der Waals surface area contributed by atoms with E-state index in [-0.39, 0.29) is 12.1 Å². The summed E-state index contributed by atoms with van der Waals surface area (Å²) in [6.45, 7) is 3.93. The summed E-state index contributed by atoms with van der Waals surface area (Å²) in [6.07, 6.45) is 13.1. The van der Waals surface area contributed by atoms with Crippen LogP contribution in [0.15, 0.2) is 48.2 Å². The maximum Gasteiger partial charge on any atom is 0.319 e. The standard InChI is InChI=1S/C15H23N3O3S/c1-3-5-7-12(4-2)17-15(19)18-13-8-6-9-14(11-10-13)22(16,20)21/h3,5-6,8-12,14H,4,7H2,1-2H3,(H2,16,20,21)(H2,17,18,19)/b5-3-. The molecule has 0 fully saturated rings. The zero-order valence-corrected chi connectivity index (χ0v) is 13.6. The summed E-state index contributed by atoms with van der Waals surface area (Å²) in [7, 11) is -3.68. The van der Waals surface area contributed by atoms with Crippen LogP contribution in [-0.4, -0.2) is 25.7 Å². The lowest BCUT2D eigenvalue weighted by atomic mass is 10.1. The van der Waals surface area contributed by atoms with E-state index in [2.05, 4.69) is 10.6 Å². The van der Waals surface area contributed by atoms with Crippen LogP contribution >= 0.6 is 0 Å². The highest BCUT2D eigenvalue weighted by Gasteiger charge is 2.16. The fourth-order valence-electron chi connectivity index (χ4n) is 1.87. The van der Waals surface area contributed by atoms with E-state index in [1.165, 1.54) is 18.2 Å². The average molecular weight is 325 g/mol. The van der Waals surface area contributed by atoms with Crippen LogP contribution in [0.4, 0.5) is 4.79 Å². The van der Waals surface area contributed by atoms with Gasteiger partial charge < -0.3 is 10.6 Å². The summed E-state index contributed by atoms with van der Waals surface area (Å²) in [4.78, 5) is 11.9. The molecule has 0 radical (unpaired) electrons. The van der Waals surface area contributed by atoms with E-state index in [4.69, 9.17) is 5.14 Å². The molecule has 1 aliphatic rings. The lowest BCUT2D eigenvalue weighted by Gasteiger charge is -2.16. The summed E-state index contributed by atoms with van der Waals surface area (Å²) < 4.78 is 22.6. The second kappa shape index (κ2) is 8.55. The molecule has 0 aromatic heterocycles. The summed E-state index contributed by atoms with van der Waals surface area (Å²) in [5, 5.41) is 9.77. The van der Waals surface area contributed by atoms with E-state index in [1.54, 1.807) is 12.2 Å². The maximum absolute atomic E-state index is 11.9. The molecule has 4 N–H and O–H groups in total. The van der Waals surface area contributed by atoms with Crippen molar-refractivity contribution < 1.29 is 13.2 Å². The van der Waals surface area contributed by atoms with Crippen LogP contribution in [0.2, 0.25) is 0 Å². The Kier molecular flexibility index (Phi) is 7.07. The van der Waals surface area contributed by atoms with Crippen molar-refractivity contribution in [3.05, 3.63) is 48.2 Å². The Balaban J connectivity index is 2.62. The zero-order chi connectivity index (χ0) is 16.6. The second-order valence-corrected chi connectivity index (χ2v) is 6.65. The number of rotatable bonds is 6. The van der Waals surface area contributed by atoms with Gasteiger partial charge in [0.25, 0.3) is 0 Å². The van der Waals surface area contributed by atoms with Crippen LogP contribution in [0.25, 0.3) is 0 Å². The maximum atomic E-state index is 11.9. The third-order valence-electron chi connectivity index (χ3n) is 3.16. The van der Waals surface area contributed by atoms with Gasteiger partial charge in [0.05, 0.1) is 0 Å². The third kappa shape index (κ3) is 6.28. The molecule has 0 spiro atoms.